The van der Waals surface area contributed by atoms with E-state index >= 15 is 0 Å². The average Bonchev–Trinajstić information content (AvgIpc) is 2.65. The topological polar surface area (TPSA) is 49.9 Å². The summed E-state index contributed by atoms with van der Waals surface area (Å²) < 4.78 is 93.1. The smallest absolute Gasteiger partial charge is 0.406 e. The number of sulfonamides is 1. The first-order chi connectivity index (χ1) is 13.5. The van der Waals surface area contributed by atoms with Gasteiger partial charge in [-0.15, -0.1) is 13.2 Å². The molecule has 0 radical (unpaired) electrons. The maximum absolute atomic E-state index is 13.4. The van der Waals surface area contributed by atoms with E-state index in [1.54, 1.807) is 0 Å². The third kappa shape index (κ3) is 5.43. The highest BCUT2D eigenvalue weighted by Gasteiger charge is 2.31. The van der Waals surface area contributed by atoms with Crippen LogP contribution in [0.4, 0.5) is 22.0 Å². The zero-order valence-electron chi connectivity index (χ0n) is 15.0. The lowest BCUT2D eigenvalue weighted by molar-refractivity contribution is -0.274. The summed E-state index contributed by atoms with van der Waals surface area (Å²) in [6, 6.07) is 7.88. The van der Waals surface area contributed by atoms with Crippen molar-refractivity contribution < 1.29 is 35.1 Å². The Bertz CT molecular complexity index is 956. The van der Waals surface area contributed by atoms with Crippen molar-refractivity contribution >= 4 is 10.0 Å². The fourth-order valence-corrected chi connectivity index (χ4v) is 4.40. The Kier molecular flexibility index (Phi) is 6.11. The lowest BCUT2D eigenvalue weighted by atomic mass is 10.2. The highest BCUT2D eigenvalue weighted by atomic mass is 32.2. The quantitative estimate of drug-likeness (QED) is 0.675. The van der Waals surface area contributed by atoms with Gasteiger partial charge >= 0.3 is 6.36 Å². The van der Waals surface area contributed by atoms with Crippen LogP contribution in [-0.4, -0.2) is 50.2 Å². The second-order valence-electron chi connectivity index (χ2n) is 6.45. The molecule has 1 fully saturated rings. The number of piperazine rings is 1. The van der Waals surface area contributed by atoms with Crippen LogP contribution in [0.3, 0.4) is 0 Å². The highest BCUT2D eigenvalue weighted by molar-refractivity contribution is 7.89. The zero-order valence-corrected chi connectivity index (χ0v) is 15.8. The van der Waals surface area contributed by atoms with E-state index in [1.807, 2.05) is 4.90 Å². The van der Waals surface area contributed by atoms with E-state index in [0.717, 1.165) is 17.7 Å². The van der Waals surface area contributed by atoms with Crippen molar-refractivity contribution in [1.82, 2.24) is 9.21 Å². The van der Waals surface area contributed by atoms with Gasteiger partial charge in [-0.2, -0.15) is 4.31 Å². The summed E-state index contributed by atoms with van der Waals surface area (Å²) in [5.41, 5.74) is 0.747. The van der Waals surface area contributed by atoms with Crippen LogP contribution in [0.2, 0.25) is 0 Å². The monoisotopic (exact) mass is 436 g/mol. The lowest BCUT2D eigenvalue weighted by Crippen LogP contribution is -2.48. The third-order valence-electron chi connectivity index (χ3n) is 4.42. The number of hydrogen-bond acceptors (Lipinski definition) is 4. The second-order valence-corrected chi connectivity index (χ2v) is 8.39. The number of nitrogens with zero attached hydrogens (tertiary/aromatic N) is 2. The van der Waals surface area contributed by atoms with Gasteiger partial charge in [0.2, 0.25) is 10.0 Å². The van der Waals surface area contributed by atoms with Crippen LogP contribution in [0.1, 0.15) is 5.56 Å². The molecule has 3 rings (SSSR count). The SMILES string of the molecule is O=S(=O)(c1ccc(F)c(F)c1)N1CCN(Cc2ccc(OC(F)(F)F)cc2)CC1. The molecule has 158 valence electrons. The van der Waals surface area contributed by atoms with Crippen LogP contribution in [0.15, 0.2) is 47.4 Å². The molecule has 1 aliphatic rings. The van der Waals surface area contributed by atoms with Crippen LogP contribution in [0.25, 0.3) is 0 Å². The summed E-state index contributed by atoms with van der Waals surface area (Å²) in [5, 5.41) is 0. The predicted octanol–water partition coefficient (Wildman–Crippen LogP) is 3.37. The van der Waals surface area contributed by atoms with Gasteiger partial charge in [0.05, 0.1) is 4.90 Å². The van der Waals surface area contributed by atoms with Gasteiger partial charge in [-0.3, -0.25) is 4.90 Å². The van der Waals surface area contributed by atoms with Gasteiger partial charge in [0.25, 0.3) is 0 Å². The molecule has 0 saturated carbocycles. The van der Waals surface area contributed by atoms with Crippen molar-refractivity contribution in [3.63, 3.8) is 0 Å². The Hall–Kier alpha value is -2.24. The fourth-order valence-electron chi connectivity index (χ4n) is 2.97. The van der Waals surface area contributed by atoms with Crippen LogP contribution in [0.5, 0.6) is 5.75 Å². The van der Waals surface area contributed by atoms with Crippen molar-refractivity contribution in [3.8, 4) is 5.75 Å². The molecular formula is C18H17F5N2O3S. The van der Waals surface area contributed by atoms with Gasteiger partial charge in [0, 0.05) is 32.7 Å². The van der Waals surface area contributed by atoms with Crippen LogP contribution in [-0.2, 0) is 16.6 Å². The van der Waals surface area contributed by atoms with E-state index < -0.39 is 28.0 Å². The number of halogens is 5. The number of alkyl halides is 3. The molecule has 0 unspecified atom stereocenters. The first-order valence-corrected chi connectivity index (χ1v) is 10.0. The Morgan fingerprint density at radius 1 is 0.897 bits per heavy atom. The van der Waals surface area contributed by atoms with E-state index in [-0.39, 0.29) is 23.7 Å². The first-order valence-electron chi connectivity index (χ1n) is 8.57. The third-order valence-corrected chi connectivity index (χ3v) is 6.32. The standard InChI is InChI=1S/C18H17F5N2O3S/c19-16-6-5-15(11-17(16)20)29(26,27)25-9-7-24(8-10-25)12-13-1-3-14(4-2-13)28-18(21,22)23/h1-6,11H,7-10,12H2. The molecule has 0 spiro atoms. The van der Waals surface area contributed by atoms with Gasteiger partial charge in [-0.05, 0) is 35.9 Å². The van der Waals surface area contributed by atoms with Crippen LogP contribution in [0, 0.1) is 11.6 Å². The largest absolute Gasteiger partial charge is 0.573 e. The Morgan fingerprint density at radius 3 is 2.07 bits per heavy atom. The molecule has 0 amide bonds. The van der Waals surface area contributed by atoms with Gasteiger partial charge < -0.3 is 4.74 Å². The summed E-state index contributed by atoms with van der Waals surface area (Å²) in [7, 11) is -3.94. The molecule has 0 aliphatic carbocycles. The molecule has 2 aromatic carbocycles. The Labute approximate surface area is 164 Å². The maximum atomic E-state index is 13.4. The van der Waals surface area contributed by atoms with E-state index in [9.17, 15) is 30.4 Å². The first kappa shape index (κ1) is 21.5. The van der Waals surface area contributed by atoms with Gasteiger partial charge in [0.1, 0.15) is 5.75 Å². The summed E-state index contributed by atoms with van der Waals surface area (Å²) in [6.45, 7) is 1.48. The second kappa shape index (κ2) is 8.25. The predicted molar refractivity (Wildman–Crippen MR) is 93.5 cm³/mol. The molecule has 11 heteroatoms. The van der Waals surface area contributed by atoms with Crippen molar-refractivity contribution in [3.05, 3.63) is 59.7 Å². The number of ether oxygens (including phenoxy) is 1. The Balaban J connectivity index is 1.58. The molecular weight excluding hydrogens is 419 g/mol. The molecule has 2 aromatic rings. The highest BCUT2D eigenvalue weighted by Crippen LogP contribution is 2.24. The summed E-state index contributed by atoms with van der Waals surface area (Å²) in [6.07, 6.45) is -4.75. The molecule has 0 bridgehead atoms. The minimum absolute atomic E-state index is 0.149. The fraction of sp³-hybridized carbons (Fsp3) is 0.333. The van der Waals surface area contributed by atoms with Gasteiger partial charge in [-0.1, -0.05) is 12.1 Å². The number of hydrogen-bond donors (Lipinski definition) is 0. The number of rotatable bonds is 5. The zero-order chi connectivity index (χ0) is 21.2. The van der Waals surface area contributed by atoms with Crippen molar-refractivity contribution in [1.29, 1.82) is 0 Å². The van der Waals surface area contributed by atoms with Gasteiger partial charge in [-0.25, -0.2) is 17.2 Å². The molecule has 0 atom stereocenters. The van der Waals surface area contributed by atoms with Crippen LogP contribution >= 0.6 is 0 Å². The van der Waals surface area contributed by atoms with Crippen molar-refractivity contribution in [2.24, 2.45) is 0 Å². The molecule has 29 heavy (non-hydrogen) atoms. The molecule has 0 aromatic heterocycles. The molecule has 1 saturated heterocycles. The van der Waals surface area contributed by atoms with Gasteiger partial charge in [0.15, 0.2) is 11.6 Å². The van der Waals surface area contributed by atoms with Crippen molar-refractivity contribution in [2.75, 3.05) is 26.2 Å². The lowest BCUT2D eigenvalue weighted by Gasteiger charge is -2.34. The molecule has 1 aliphatic heterocycles. The van der Waals surface area contributed by atoms with E-state index in [1.165, 1.54) is 28.6 Å². The average molecular weight is 436 g/mol. The number of benzene rings is 2. The van der Waals surface area contributed by atoms with Crippen molar-refractivity contribution in [2.45, 2.75) is 17.8 Å². The van der Waals surface area contributed by atoms with E-state index in [2.05, 4.69) is 4.74 Å². The van der Waals surface area contributed by atoms with E-state index in [4.69, 9.17) is 0 Å². The van der Waals surface area contributed by atoms with E-state index in [0.29, 0.717) is 25.7 Å². The summed E-state index contributed by atoms with van der Waals surface area (Å²) in [4.78, 5) is 1.63. The molecule has 1 heterocycles. The Morgan fingerprint density at radius 2 is 1.52 bits per heavy atom. The summed E-state index contributed by atoms with van der Waals surface area (Å²) in [5.74, 6) is -2.67. The van der Waals surface area contributed by atoms with Crippen LogP contribution < -0.4 is 4.74 Å². The maximum Gasteiger partial charge on any atom is 0.573 e. The normalized spacial score (nSPS) is 16.7. The molecule has 0 N–H and O–H groups in total. The minimum atomic E-state index is -4.75. The minimum Gasteiger partial charge on any atom is -0.406 e. The molecule has 5 nitrogen and oxygen atoms in total. The summed E-state index contributed by atoms with van der Waals surface area (Å²) >= 11 is 0.